The number of aliphatic hydroxyl groups excluding tert-OH is 1. The van der Waals surface area contributed by atoms with Crippen LogP contribution >= 0.6 is 0 Å². The van der Waals surface area contributed by atoms with Crippen LogP contribution in [0.3, 0.4) is 0 Å². The maximum absolute atomic E-state index is 12.1. The van der Waals surface area contributed by atoms with Crippen molar-refractivity contribution in [1.82, 2.24) is 9.80 Å². The SMILES string of the molecule is CC(O)CCN(C)C(=O)Nc1cccc(CCN2CCCC2)c1. The van der Waals surface area contributed by atoms with Crippen molar-refractivity contribution in [2.45, 2.75) is 38.7 Å². The van der Waals surface area contributed by atoms with Crippen molar-refractivity contribution in [3.8, 4) is 0 Å². The molecule has 128 valence electrons. The molecule has 1 unspecified atom stereocenters. The molecule has 1 aromatic rings. The van der Waals surface area contributed by atoms with Gasteiger partial charge in [-0.05, 0) is 63.4 Å². The number of benzene rings is 1. The molecule has 0 saturated carbocycles. The summed E-state index contributed by atoms with van der Waals surface area (Å²) >= 11 is 0. The van der Waals surface area contributed by atoms with Gasteiger partial charge in [0, 0.05) is 25.8 Å². The fraction of sp³-hybridized carbons (Fsp3) is 0.611. The van der Waals surface area contributed by atoms with E-state index in [1.165, 1.54) is 31.5 Å². The van der Waals surface area contributed by atoms with Crippen molar-refractivity contribution in [2.75, 3.05) is 38.5 Å². The zero-order chi connectivity index (χ0) is 16.7. The van der Waals surface area contributed by atoms with Crippen molar-refractivity contribution in [1.29, 1.82) is 0 Å². The fourth-order valence-electron chi connectivity index (χ4n) is 2.80. The summed E-state index contributed by atoms with van der Waals surface area (Å²) < 4.78 is 0. The average molecular weight is 319 g/mol. The number of likely N-dealkylation sites (tertiary alicyclic amines) is 1. The first-order valence-electron chi connectivity index (χ1n) is 8.56. The lowest BCUT2D eigenvalue weighted by Crippen LogP contribution is -2.33. The summed E-state index contributed by atoms with van der Waals surface area (Å²) in [6, 6.07) is 7.94. The molecule has 1 saturated heterocycles. The van der Waals surface area contributed by atoms with E-state index in [2.05, 4.69) is 22.3 Å². The minimum absolute atomic E-state index is 0.137. The van der Waals surface area contributed by atoms with Crippen molar-refractivity contribution < 1.29 is 9.90 Å². The summed E-state index contributed by atoms with van der Waals surface area (Å²) in [5.41, 5.74) is 2.08. The zero-order valence-corrected chi connectivity index (χ0v) is 14.3. The second-order valence-electron chi connectivity index (χ2n) is 6.49. The molecule has 1 atom stereocenters. The van der Waals surface area contributed by atoms with Crippen LogP contribution in [0.25, 0.3) is 0 Å². The molecule has 0 aliphatic carbocycles. The van der Waals surface area contributed by atoms with Crippen LogP contribution in [0, 0.1) is 0 Å². The summed E-state index contributed by atoms with van der Waals surface area (Å²) in [7, 11) is 1.74. The van der Waals surface area contributed by atoms with Crippen LogP contribution < -0.4 is 5.32 Å². The third-order valence-electron chi connectivity index (χ3n) is 4.32. The molecule has 1 heterocycles. The molecule has 0 aromatic heterocycles. The van der Waals surface area contributed by atoms with E-state index in [-0.39, 0.29) is 12.1 Å². The van der Waals surface area contributed by atoms with Crippen LogP contribution in [-0.4, -0.2) is 60.3 Å². The number of anilines is 1. The van der Waals surface area contributed by atoms with E-state index in [0.717, 1.165) is 18.7 Å². The zero-order valence-electron chi connectivity index (χ0n) is 14.3. The van der Waals surface area contributed by atoms with Crippen molar-refractivity contribution in [2.24, 2.45) is 0 Å². The van der Waals surface area contributed by atoms with Crippen LogP contribution in [0.15, 0.2) is 24.3 Å². The van der Waals surface area contributed by atoms with E-state index in [9.17, 15) is 9.90 Å². The maximum Gasteiger partial charge on any atom is 0.321 e. The molecule has 2 amide bonds. The molecular formula is C18H29N3O2. The molecule has 23 heavy (non-hydrogen) atoms. The Bertz CT molecular complexity index is 499. The smallest absolute Gasteiger partial charge is 0.321 e. The molecule has 1 fully saturated rings. The van der Waals surface area contributed by atoms with Gasteiger partial charge >= 0.3 is 6.03 Å². The van der Waals surface area contributed by atoms with Gasteiger partial charge in [0.1, 0.15) is 0 Å². The van der Waals surface area contributed by atoms with Gasteiger partial charge in [0.2, 0.25) is 0 Å². The average Bonchev–Trinajstić information content (AvgIpc) is 3.04. The molecule has 1 aromatic carbocycles. The summed E-state index contributed by atoms with van der Waals surface area (Å²) in [5.74, 6) is 0. The van der Waals surface area contributed by atoms with Crippen LogP contribution in [0.1, 0.15) is 31.7 Å². The lowest BCUT2D eigenvalue weighted by molar-refractivity contribution is 0.167. The van der Waals surface area contributed by atoms with Gasteiger partial charge in [-0.2, -0.15) is 0 Å². The van der Waals surface area contributed by atoms with Crippen molar-refractivity contribution in [3.63, 3.8) is 0 Å². The minimum Gasteiger partial charge on any atom is -0.393 e. The van der Waals surface area contributed by atoms with E-state index in [4.69, 9.17) is 0 Å². The standard InChI is InChI=1S/C18H29N3O2/c1-15(22)8-12-20(2)18(23)19-17-7-5-6-16(14-17)9-13-21-10-3-4-11-21/h5-7,14-15,22H,3-4,8-13H2,1-2H3,(H,19,23). The van der Waals surface area contributed by atoms with E-state index in [1.54, 1.807) is 18.9 Å². The second-order valence-corrected chi connectivity index (χ2v) is 6.49. The number of nitrogens with one attached hydrogen (secondary N) is 1. The van der Waals surface area contributed by atoms with Gasteiger partial charge in [-0.1, -0.05) is 12.1 Å². The van der Waals surface area contributed by atoms with E-state index in [1.807, 2.05) is 12.1 Å². The van der Waals surface area contributed by atoms with Crippen molar-refractivity contribution >= 4 is 11.7 Å². The summed E-state index contributed by atoms with van der Waals surface area (Å²) in [4.78, 5) is 16.2. The molecule has 5 heteroatoms. The summed E-state index contributed by atoms with van der Waals surface area (Å²) in [5, 5.41) is 12.2. The van der Waals surface area contributed by atoms with E-state index < -0.39 is 0 Å². The van der Waals surface area contributed by atoms with Gasteiger partial charge in [0.05, 0.1) is 6.10 Å². The third-order valence-corrected chi connectivity index (χ3v) is 4.32. The van der Waals surface area contributed by atoms with E-state index in [0.29, 0.717) is 13.0 Å². The van der Waals surface area contributed by atoms with E-state index >= 15 is 0 Å². The Kier molecular flexibility index (Phi) is 6.86. The summed E-state index contributed by atoms with van der Waals surface area (Å²) in [6.07, 6.45) is 3.84. The lowest BCUT2D eigenvalue weighted by Gasteiger charge is -2.19. The Labute approximate surface area is 139 Å². The quantitative estimate of drug-likeness (QED) is 0.812. The van der Waals surface area contributed by atoms with Gasteiger partial charge in [-0.15, -0.1) is 0 Å². The van der Waals surface area contributed by atoms with Crippen LogP contribution in [0.2, 0.25) is 0 Å². The number of nitrogens with zero attached hydrogens (tertiary/aromatic N) is 2. The Hall–Kier alpha value is -1.59. The maximum atomic E-state index is 12.1. The molecule has 1 aliphatic rings. The van der Waals surface area contributed by atoms with Gasteiger partial charge < -0.3 is 20.2 Å². The number of urea groups is 1. The first kappa shape index (κ1) is 17.8. The Morgan fingerprint density at radius 1 is 1.39 bits per heavy atom. The number of carbonyl (C=O) groups excluding carboxylic acids is 1. The molecule has 2 rings (SSSR count). The highest BCUT2D eigenvalue weighted by atomic mass is 16.3. The highest BCUT2D eigenvalue weighted by Crippen LogP contribution is 2.14. The van der Waals surface area contributed by atoms with Gasteiger partial charge in [0.25, 0.3) is 0 Å². The predicted molar refractivity (Wildman–Crippen MR) is 93.8 cm³/mol. The fourth-order valence-corrected chi connectivity index (χ4v) is 2.80. The lowest BCUT2D eigenvalue weighted by atomic mass is 10.1. The first-order chi connectivity index (χ1) is 11.0. The third kappa shape index (κ3) is 6.20. The van der Waals surface area contributed by atoms with Crippen LogP contribution in [0.5, 0.6) is 0 Å². The Morgan fingerprint density at radius 2 is 2.13 bits per heavy atom. The number of hydrogen-bond acceptors (Lipinski definition) is 3. The molecular weight excluding hydrogens is 290 g/mol. The number of rotatable bonds is 7. The molecule has 0 radical (unpaired) electrons. The first-order valence-corrected chi connectivity index (χ1v) is 8.56. The highest BCUT2D eigenvalue weighted by Gasteiger charge is 2.12. The molecule has 5 nitrogen and oxygen atoms in total. The number of amides is 2. The minimum atomic E-state index is -0.390. The number of carbonyl (C=O) groups is 1. The number of aliphatic hydroxyl groups is 1. The summed E-state index contributed by atoms with van der Waals surface area (Å²) in [6.45, 7) is 5.79. The van der Waals surface area contributed by atoms with Crippen molar-refractivity contribution in [3.05, 3.63) is 29.8 Å². The molecule has 2 N–H and O–H groups in total. The highest BCUT2D eigenvalue weighted by molar-refractivity contribution is 5.89. The van der Waals surface area contributed by atoms with Crippen LogP contribution in [-0.2, 0) is 6.42 Å². The molecule has 0 bridgehead atoms. The molecule has 1 aliphatic heterocycles. The molecule has 0 spiro atoms. The topological polar surface area (TPSA) is 55.8 Å². The monoisotopic (exact) mass is 319 g/mol. The van der Waals surface area contributed by atoms with Gasteiger partial charge in [-0.3, -0.25) is 0 Å². The normalized spacial score (nSPS) is 16.3. The predicted octanol–water partition coefficient (Wildman–Crippen LogP) is 2.56. The van der Waals surface area contributed by atoms with Crippen LogP contribution in [0.4, 0.5) is 10.5 Å². The second kappa shape index (κ2) is 8.89. The Morgan fingerprint density at radius 3 is 2.83 bits per heavy atom. The van der Waals surface area contributed by atoms with Gasteiger partial charge in [0.15, 0.2) is 0 Å². The number of hydrogen-bond donors (Lipinski definition) is 2. The Balaban J connectivity index is 1.82. The van der Waals surface area contributed by atoms with Gasteiger partial charge in [-0.25, -0.2) is 4.79 Å². The largest absolute Gasteiger partial charge is 0.393 e.